The number of benzene rings is 2. The summed E-state index contributed by atoms with van der Waals surface area (Å²) in [5, 5.41) is 14.3. The van der Waals surface area contributed by atoms with Gasteiger partial charge in [-0.05, 0) is 112 Å². The van der Waals surface area contributed by atoms with Crippen molar-refractivity contribution in [2.75, 3.05) is 23.7 Å². The molecule has 3 aromatic rings. The van der Waals surface area contributed by atoms with Crippen LogP contribution in [-0.4, -0.2) is 68.8 Å². The Labute approximate surface area is 261 Å². The minimum Gasteiger partial charge on any atom is -0.416 e. The number of anilines is 2. The maximum absolute atomic E-state index is 13.0. The summed E-state index contributed by atoms with van der Waals surface area (Å²) < 4.78 is 5.93. The summed E-state index contributed by atoms with van der Waals surface area (Å²) in [5.74, 6) is 1.52. The molecule has 2 aromatic carbocycles. The fraction of sp³-hybridized carbons (Fsp3) is 0.471. The van der Waals surface area contributed by atoms with Crippen molar-refractivity contribution in [3.05, 3.63) is 48.5 Å². The molecule has 2 saturated carbocycles. The molecule has 4 aliphatic rings. The first-order valence-electron chi connectivity index (χ1n) is 16.2. The van der Waals surface area contributed by atoms with Gasteiger partial charge in [-0.25, -0.2) is 0 Å². The highest BCUT2D eigenvalue weighted by Crippen LogP contribution is 2.35. The topological polar surface area (TPSA) is 138 Å². The second-order valence-electron chi connectivity index (χ2n) is 12.8. The molecular formula is C34H38N6O5. The van der Waals surface area contributed by atoms with Gasteiger partial charge in [0.15, 0.2) is 0 Å². The van der Waals surface area contributed by atoms with Crippen molar-refractivity contribution in [1.82, 2.24) is 20.0 Å². The molecular weight excluding hydrogens is 572 g/mol. The number of carbonyl (C=O) groups excluding carboxylic acids is 4. The molecule has 45 heavy (non-hydrogen) atoms. The summed E-state index contributed by atoms with van der Waals surface area (Å²) in [6.07, 6.45) is 8.58. The highest BCUT2D eigenvalue weighted by Gasteiger charge is 2.37. The quantitative estimate of drug-likeness (QED) is 0.334. The fourth-order valence-electron chi connectivity index (χ4n) is 6.35. The number of rotatable bonds is 10. The molecule has 2 saturated heterocycles. The second kappa shape index (κ2) is 12.5. The minimum absolute atomic E-state index is 0.0876. The molecule has 1 aromatic heterocycles. The summed E-state index contributed by atoms with van der Waals surface area (Å²) in [5.41, 5.74) is 2.68. The molecule has 11 heteroatoms. The highest BCUT2D eigenvalue weighted by molar-refractivity contribution is 5.98. The summed E-state index contributed by atoms with van der Waals surface area (Å²) >= 11 is 0. The van der Waals surface area contributed by atoms with E-state index in [0.717, 1.165) is 38.5 Å². The van der Waals surface area contributed by atoms with E-state index in [2.05, 4.69) is 20.8 Å². The second-order valence-corrected chi connectivity index (χ2v) is 12.8. The van der Waals surface area contributed by atoms with Gasteiger partial charge in [0.2, 0.25) is 35.4 Å². The van der Waals surface area contributed by atoms with Crippen LogP contribution in [0.15, 0.2) is 52.9 Å². The Kier molecular flexibility index (Phi) is 8.08. The fourth-order valence-corrected chi connectivity index (χ4v) is 6.35. The molecule has 3 heterocycles. The van der Waals surface area contributed by atoms with E-state index in [9.17, 15) is 19.2 Å². The third-order valence-corrected chi connectivity index (χ3v) is 9.30. The number of aromatic nitrogens is 2. The SMILES string of the molecule is O=C(Nc1ccc(-c2nnc(-c3ccc(NC(=O)[C@@H]4CCCN4C(=O)CC4CC4)cc3)o2)cc1)[C@@H]1CCCN1C(=O)CC1CC1. The van der Waals surface area contributed by atoms with Crippen molar-refractivity contribution < 1.29 is 23.6 Å². The lowest BCUT2D eigenvalue weighted by atomic mass is 10.1. The van der Waals surface area contributed by atoms with Crippen LogP contribution in [0.25, 0.3) is 22.9 Å². The Hall–Kier alpha value is -4.54. The van der Waals surface area contributed by atoms with Crippen molar-refractivity contribution >= 4 is 35.0 Å². The molecule has 4 fully saturated rings. The number of likely N-dealkylation sites (tertiary alicyclic amines) is 2. The summed E-state index contributed by atoms with van der Waals surface area (Å²) in [4.78, 5) is 54.7. The Morgan fingerprint density at radius 1 is 0.622 bits per heavy atom. The summed E-state index contributed by atoms with van der Waals surface area (Å²) in [7, 11) is 0. The Morgan fingerprint density at radius 3 is 1.40 bits per heavy atom. The molecule has 0 unspecified atom stereocenters. The van der Waals surface area contributed by atoms with Crippen molar-refractivity contribution in [2.45, 2.75) is 76.3 Å². The van der Waals surface area contributed by atoms with E-state index in [1.54, 1.807) is 58.3 Å². The van der Waals surface area contributed by atoms with Gasteiger partial charge in [-0.2, -0.15) is 0 Å². The van der Waals surface area contributed by atoms with Gasteiger partial charge in [-0.1, -0.05) is 0 Å². The Bertz CT molecular complexity index is 1460. The largest absolute Gasteiger partial charge is 0.416 e. The lowest BCUT2D eigenvalue weighted by Crippen LogP contribution is -2.43. The van der Waals surface area contributed by atoms with E-state index in [-0.39, 0.29) is 23.6 Å². The van der Waals surface area contributed by atoms with E-state index in [1.165, 1.54) is 0 Å². The first-order chi connectivity index (χ1) is 21.9. The van der Waals surface area contributed by atoms with E-state index in [1.807, 2.05) is 0 Å². The van der Waals surface area contributed by atoms with Gasteiger partial charge in [0.1, 0.15) is 12.1 Å². The first kappa shape index (κ1) is 29.2. The molecule has 2 aliphatic heterocycles. The number of hydrogen-bond donors (Lipinski definition) is 2. The van der Waals surface area contributed by atoms with Crippen molar-refractivity contribution in [2.24, 2.45) is 11.8 Å². The molecule has 234 valence electrons. The number of nitrogens with one attached hydrogen (secondary N) is 2. The average molecular weight is 611 g/mol. The molecule has 2 N–H and O–H groups in total. The van der Waals surface area contributed by atoms with Crippen LogP contribution in [0.1, 0.15) is 64.2 Å². The van der Waals surface area contributed by atoms with Crippen LogP contribution in [0.3, 0.4) is 0 Å². The number of hydrogen-bond acceptors (Lipinski definition) is 7. The first-order valence-corrected chi connectivity index (χ1v) is 16.2. The average Bonchev–Trinajstić information content (AvgIpc) is 3.82. The molecule has 11 nitrogen and oxygen atoms in total. The molecule has 2 atom stereocenters. The maximum atomic E-state index is 13.0. The van der Waals surface area contributed by atoms with Crippen molar-refractivity contribution in [3.63, 3.8) is 0 Å². The summed E-state index contributed by atoms with van der Waals surface area (Å²) in [6, 6.07) is 13.5. The van der Waals surface area contributed by atoms with Crippen LogP contribution in [0.5, 0.6) is 0 Å². The van der Waals surface area contributed by atoms with Gasteiger partial charge in [-0.15, -0.1) is 10.2 Å². The van der Waals surface area contributed by atoms with E-state index < -0.39 is 12.1 Å². The van der Waals surface area contributed by atoms with E-state index in [0.29, 0.717) is 84.9 Å². The van der Waals surface area contributed by atoms with Crippen molar-refractivity contribution in [1.29, 1.82) is 0 Å². The molecule has 0 bridgehead atoms. The zero-order chi connectivity index (χ0) is 30.9. The monoisotopic (exact) mass is 610 g/mol. The smallest absolute Gasteiger partial charge is 0.248 e. The minimum atomic E-state index is -0.423. The zero-order valence-corrected chi connectivity index (χ0v) is 25.2. The maximum Gasteiger partial charge on any atom is 0.248 e. The lowest BCUT2D eigenvalue weighted by molar-refractivity contribution is -0.137. The molecule has 7 rings (SSSR count). The summed E-state index contributed by atoms with van der Waals surface area (Å²) in [6.45, 7) is 1.28. The van der Waals surface area contributed by atoms with Gasteiger partial charge in [0.25, 0.3) is 0 Å². The van der Waals surface area contributed by atoms with Gasteiger partial charge in [0, 0.05) is 48.4 Å². The molecule has 0 radical (unpaired) electrons. The zero-order valence-electron chi connectivity index (χ0n) is 25.2. The van der Waals surface area contributed by atoms with E-state index >= 15 is 0 Å². The number of amides is 4. The van der Waals surface area contributed by atoms with Crippen LogP contribution in [0.2, 0.25) is 0 Å². The predicted octanol–water partition coefficient (Wildman–Crippen LogP) is 4.86. The van der Waals surface area contributed by atoms with Crippen LogP contribution in [-0.2, 0) is 19.2 Å². The van der Waals surface area contributed by atoms with Crippen LogP contribution in [0, 0.1) is 11.8 Å². The number of carbonyl (C=O) groups is 4. The number of nitrogens with zero attached hydrogens (tertiary/aromatic N) is 4. The standard InChI is InChI=1S/C34H38N6O5/c41-29(19-21-5-6-21)39-17-1-3-27(39)31(43)35-25-13-9-23(10-14-25)33-37-38-34(45-33)24-11-15-26(16-12-24)36-32(44)28-4-2-18-40(28)30(42)20-22-7-8-22/h9-16,21-22,27-28H,1-8,17-20H2,(H,35,43)(H,36,44)/t27-,28-/m0/s1. The van der Waals surface area contributed by atoms with Crippen molar-refractivity contribution in [3.8, 4) is 22.9 Å². The van der Waals surface area contributed by atoms with Gasteiger partial charge >= 0.3 is 0 Å². The Balaban J connectivity index is 0.936. The van der Waals surface area contributed by atoms with Crippen LogP contribution >= 0.6 is 0 Å². The van der Waals surface area contributed by atoms with Gasteiger partial charge < -0.3 is 24.9 Å². The van der Waals surface area contributed by atoms with Crippen LogP contribution < -0.4 is 10.6 Å². The Morgan fingerprint density at radius 2 is 1.02 bits per heavy atom. The molecule has 2 aliphatic carbocycles. The molecule has 4 amide bonds. The van der Waals surface area contributed by atoms with Gasteiger partial charge in [-0.3, -0.25) is 19.2 Å². The van der Waals surface area contributed by atoms with Crippen LogP contribution in [0.4, 0.5) is 11.4 Å². The van der Waals surface area contributed by atoms with Gasteiger partial charge in [0.05, 0.1) is 0 Å². The third-order valence-electron chi connectivity index (χ3n) is 9.30. The molecule has 0 spiro atoms. The normalized spacial score (nSPS) is 21.2. The predicted molar refractivity (Wildman–Crippen MR) is 167 cm³/mol. The van der Waals surface area contributed by atoms with E-state index in [4.69, 9.17) is 4.42 Å². The lowest BCUT2D eigenvalue weighted by Gasteiger charge is -2.24. The third kappa shape index (κ3) is 6.77. The highest BCUT2D eigenvalue weighted by atomic mass is 16.4.